The molecule has 0 aliphatic carbocycles. The molecular weight excluding hydrogens is 239 g/mol. The van der Waals surface area contributed by atoms with E-state index in [4.69, 9.17) is 0 Å². The van der Waals surface area contributed by atoms with Gasteiger partial charge < -0.3 is 10.2 Å². The highest BCUT2D eigenvalue weighted by molar-refractivity contribution is 5.47. The number of hydrogen-bond acceptors (Lipinski definition) is 2. The number of benzene rings is 1. The maximum absolute atomic E-state index is 13.9. The number of halogens is 1. The van der Waals surface area contributed by atoms with Crippen molar-refractivity contribution in [3.63, 3.8) is 0 Å². The van der Waals surface area contributed by atoms with Crippen LogP contribution < -0.4 is 10.2 Å². The van der Waals surface area contributed by atoms with Gasteiger partial charge in [0.15, 0.2) is 0 Å². The molecule has 3 heteroatoms. The van der Waals surface area contributed by atoms with Crippen LogP contribution in [0.5, 0.6) is 0 Å². The van der Waals surface area contributed by atoms with Crippen LogP contribution in [0.25, 0.3) is 0 Å². The number of hydrogen-bond donors (Lipinski definition) is 1. The summed E-state index contributed by atoms with van der Waals surface area (Å²) in [6, 6.07) is 7.41. The van der Waals surface area contributed by atoms with Gasteiger partial charge in [-0.1, -0.05) is 32.9 Å². The van der Waals surface area contributed by atoms with E-state index >= 15 is 0 Å². The zero-order valence-electron chi connectivity index (χ0n) is 12.6. The van der Waals surface area contributed by atoms with Gasteiger partial charge in [-0.3, -0.25) is 0 Å². The molecule has 0 spiro atoms. The Hall–Kier alpha value is -1.09. The van der Waals surface area contributed by atoms with E-state index in [0.717, 1.165) is 26.1 Å². The predicted octanol–water partition coefficient (Wildman–Crippen LogP) is 3.68. The van der Waals surface area contributed by atoms with Crippen LogP contribution in [0.2, 0.25) is 0 Å². The predicted molar refractivity (Wildman–Crippen MR) is 81.2 cm³/mol. The molecule has 0 bridgehead atoms. The molecule has 0 aromatic heterocycles. The van der Waals surface area contributed by atoms with Gasteiger partial charge in [-0.15, -0.1) is 0 Å². The maximum atomic E-state index is 13.9. The lowest BCUT2D eigenvalue weighted by molar-refractivity contribution is 0.397. The fourth-order valence-corrected chi connectivity index (χ4v) is 2.18. The average Bonchev–Trinajstić information content (AvgIpc) is 2.40. The molecule has 0 amide bonds. The molecule has 1 aromatic carbocycles. The lowest BCUT2D eigenvalue weighted by Gasteiger charge is -2.31. The zero-order chi connectivity index (χ0) is 14.3. The smallest absolute Gasteiger partial charge is 0.146 e. The number of rotatable bonds is 8. The summed E-state index contributed by atoms with van der Waals surface area (Å²) in [4.78, 5) is 2.11. The van der Waals surface area contributed by atoms with Crippen LogP contribution in [0.4, 0.5) is 10.1 Å². The molecule has 1 rings (SSSR count). The Morgan fingerprint density at radius 3 is 2.42 bits per heavy atom. The monoisotopic (exact) mass is 266 g/mol. The Kier molecular flexibility index (Phi) is 6.85. The number of nitrogens with zero attached hydrogens (tertiary/aromatic N) is 1. The summed E-state index contributed by atoms with van der Waals surface area (Å²) in [5.74, 6) is 0.398. The molecule has 0 aliphatic rings. The molecule has 1 aromatic rings. The number of para-hydroxylation sites is 1. The van der Waals surface area contributed by atoms with E-state index in [1.54, 1.807) is 6.07 Å². The van der Waals surface area contributed by atoms with Gasteiger partial charge in [-0.2, -0.15) is 0 Å². The Labute approximate surface area is 117 Å². The summed E-state index contributed by atoms with van der Waals surface area (Å²) in [5.41, 5.74) is 0.703. The molecule has 1 unspecified atom stereocenters. The third-order valence-corrected chi connectivity index (χ3v) is 3.45. The lowest BCUT2D eigenvalue weighted by Crippen LogP contribution is -2.45. The molecule has 0 saturated carbocycles. The third-order valence-electron chi connectivity index (χ3n) is 3.45. The van der Waals surface area contributed by atoms with Gasteiger partial charge in [-0.05, 0) is 37.9 Å². The Morgan fingerprint density at radius 2 is 1.89 bits per heavy atom. The van der Waals surface area contributed by atoms with Crippen molar-refractivity contribution in [2.24, 2.45) is 5.92 Å². The van der Waals surface area contributed by atoms with Crippen LogP contribution in [0.15, 0.2) is 24.3 Å². The summed E-state index contributed by atoms with van der Waals surface area (Å²) < 4.78 is 13.9. The molecule has 1 N–H and O–H groups in total. The Morgan fingerprint density at radius 1 is 1.21 bits per heavy atom. The van der Waals surface area contributed by atoms with Gasteiger partial charge >= 0.3 is 0 Å². The Balaban J connectivity index is 2.76. The summed E-state index contributed by atoms with van der Waals surface area (Å²) >= 11 is 0. The Bertz CT molecular complexity index is 366. The van der Waals surface area contributed by atoms with Crippen LogP contribution in [0, 0.1) is 11.7 Å². The van der Waals surface area contributed by atoms with Gasteiger partial charge in [-0.25, -0.2) is 4.39 Å². The third kappa shape index (κ3) is 4.83. The van der Waals surface area contributed by atoms with Crippen molar-refractivity contribution < 1.29 is 4.39 Å². The normalized spacial score (nSPS) is 12.7. The molecule has 0 fully saturated rings. The van der Waals surface area contributed by atoms with Gasteiger partial charge in [0.05, 0.1) is 5.69 Å². The van der Waals surface area contributed by atoms with E-state index < -0.39 is 0 Å². The molecule has 0 heterocycles. The fraction of sp³-hybridized carbons (Fsp3) is 0.625. The second kappa shape index (κ2) is 8.16. The van der Waals surface area contributed by atoms with E-state index in [9.17, 15) is 4.39 Å². The molecule has 0 radical (unpaired) electrons. The molecular formula is C16H27FN2. The molecule has 1 atom stereocenters. The average molecular weight is 266 g/mol. The van der Waals surface area contributed by atoms with Gasteiger partial charge in [0.25, 0.3) is 0 Å². The number of anilines is 1. The first-order valence-corrected chi connectivity index (χ1v) is 7.33. The highest BCUT2D eigenvalue weighted by Crippen LogP contribution is 2.19. The van der Waals surface area contributed by atoms with Crippen LogP contribution in [0.3, 0.4) is 0 Å². The van der Waals surface area contributed by atoms with Crippen molar-refractivity contribution in [1.29, 1.82) is 0 Å². The van der Waals surface area contributed by atoms with Crippen molar-refractivity contribution in [2.45, 2.75) is 40.2 Å². The lowest BCUT2D eigenvalue weighted by atomic mass is 10.0. The van der Waals surface area contributed by atoms with E-state index in [2.05, 4.69) is 37.9 Å². The minimum atomic E-state index is -0.137. The maximum Gasteiger partial charge on any atom is 0.146 e. The number of likely N-dealkylation sites (N-methyl/N-ethyl adjacent to an activating group) is 1. The topological polar surface area (TPSA) is 15.3 Å². The minimum Gasteiger partial charge on any atom is -0.368 e. The summed E-state index contributed by atoms with van der Waals surface area (Å²) in [6.07, 6.45) is 1.12. The SMILES string of the molecule is CCCNC(CN(CC)c1ccccc1F)C(C)C. The number of nitrogens with one attached hydrogen (secondary N) is 1. The van der Waals surface area contributed by atoms with Crippen LogP contribution in [0.1, 0.15) is 34.1 Å². The van der Waals surface area contributed by atoms with Gasteiger partial charge in [0.1, 0.15) is 5.82 Å². The molecule has 0 saturated heterocycles. The van der Waals surface area contributed by atoms with E-state index in [1.807, 2.05) is 12.1 Å². The summed E-state index contributed by atoms with van der Waals surface area (Å²) in [5, 5.41) is 3.56. The van der Waals surface area contributed by atoms with Gasteiger partial charge in [0, 0.05) is 19.1 Å². The van der Waals surface area contributed by atoms with Crippen molar-refractivity contribution in [2.75, 3.05) is 24.5 Å². The first-order valence-electron chi connectivity index (χ1n) is 7.33. The highest BCUT2D eigenvalue weighted by Gasteiger charge is 2.18. The second-order valence-electron chi connectivity index (χ2n) is 5.29. The van der Waals surface area contributed by atoms with E-state index in [0.29, 0.717) is 17.6 Å². The quantitative estimate of drug-likeness (QED) is 0.772. The molecule has 108 valence electrons. The molecule has 19 heavy (non-hydrogen) atoms. The van der Waals surface area contributed by atoms with E-state index in [1.165, 1.54) is 6.07 Å². The van der Waals surface area contributed by atoms with Crippen LogP contribution >= 0.6 is 0 Å². The fourth-order valence-electron chi connectivity index (χ4n) is 2.18. The second-order valence-corrected chi connectivity index (χ2v) is 5.29. The van der Waals surface area contributed by atoms with Crippen molar-refractivity contribution in [3.05, 3.63) is 30.1 Å². The first kappa shape index (κ1) is 16.0. The minimum absolute atomic E-state index is 0.137. The largest absolute Gasteiger partial charge is 0.368 e. The van der Waals surface area contributed by atoms with Crippen molar-refractivity contribution in [3.8, 4) is 0 Å². The van der Waals surface area contributed by atoms with E-state index in [-0.39, 0.29) is 5.82 Å². The summed E-state index contributed by atoms with van der Waals surface area (Å²) in [7, 11) is 0. The van der Waals surface area contributed by atoms with Crippen LogP contribution in [-0.4, -0.2) is 25.7 Å². The standard InChI is InChI=1S/C16H27FN2/c1-5-11-18-15(13(3)4)12-19(6-2)16-10-8-7-9-14(16)17/h7-10,13,15,18H,5-6,11-12H2,1-4H3. The highest BCUT2D eigenvalue weighted by atomic mass is 19.1. The molecule has 0 aliphatic heterocycles. The van der Waals surface area contributed by atoms with Gasteiger partial charge in [0.2, 0.25) is 0 Å². The van der Waals surface area contributed by atoms with Crippen LogP contribution in [-0.2, 0) is 0 Å². The molecule has 2 nitrogen and oxygen atoms in total. The van der Waals surface area contributed by atoms with Crippen molar-refractivity contribution >= 4 is 5.69 Å². The first-order chi connectivity index (χ1) is 9.10. The summed E-state index contributed by atoms with van der Waals surface area (Å²) in [6.45, 7) is 11.3. The zero-order valence-corrected chi connectivity index (χ0v) is 12.6. The van der Waals surface area contributed by atoms with Crippen molar-refractivity contribution in [1.82, 2.24) is 5.32 Å².